The molecule has 3 aliphatic heterocycles. The fraction of sp³-hybridized carbons (Fsp3) is 0.375. The van der Waals surface area contributed by atoms with E-state index in [-0.39, 0.29) is 17.7 Å². The van der Waals surface area contributed by atoms with Crippen molar-refractivity contribution in [1.29, 1.82) is 0 Å². The Hall–Kier alpha value is -3.35. The molecule has 0 radical (unpaired) electrons. The van der Waals surface area contributed by atoms with Gasteiger partial charge in [-0.15, -0.1) is 0 Å². The van der Waals surface area contributed by atoms with Crippen molar-refractivity contribution in [1.82, 2.24) is 4.90 Å². The maximum absolute atomic E-state index is 13.1. The molecule has 1 fully saturated rings. The van der Waals surface area contributed by atoms with Gasteiger partial charge in [0.25, 0.3) is 5.91 Å². The number of carbonyl (C=O) groups is 3. The van der Waals surface area contributed by atoms with Crippen LogP contribution in [0.15, 0.2) is 36.4 Å². The van der Waals surface area contributed by atoms with Crippen LogP contribution in [0.4, 0.5) is 17.1 Å². The maximum atomic E-state index is 13.1. The molecule has 0 aliphatic carbocycles. The van der Waals surface area contributed by atoms with Crippen molar-refractivity contribution in [2.24, 2.45) is 0 Å². The highest BCUT2D eigenvalue weighted by molar-refractivity contribution is 6.07. The van der Waals surface area contributed by atoms with Gasteiger partial charge in [-0.2, -0.15) is 0 Å². The monoisotopic (exact) mass is 418 g/mol. The minimum atomic E-state index is -0.629. The molecule has 7 nitrogen and oxygen atoms in total. The van der Waals surface area contributed by atoms with Crippen molar-refractivity contribution in [3.8, 4) is 0 Å². The summed E-state index contributed by atoms with van der Waals surface area (Å²) in [5.74, 6) is 0.0403. The number of amides is 3. The Bertz CT molecular complexity index is 1100. The predicted molar refractivity (Wildman–Crippen MR) is 120 cm³/mol. The van der Waals surface area contributed by atoms with Crippen LogP contribution >= 0.6 is 0 Å². The molecule has 7 heteroatoms. The van der Waals surface area contributed by atoms with E-state index in [1.807, 2.05) is 43.0 Å². The van der Waals surface area contributed by atoms with Gasteiger partial charge in [-0.25, -0.2) is 0 Å². The number of carbonyl (C=O) groups excluding carboxylic acids is 3. The summed E-state index contributed by atoms with van der Waals surface area (Å²) >= 11 is 0. The fourth-order valence-electron chi connectivity index (χ4n) is 4.62. The highest BCUT2D eigenvalue weighted by atomic mass is 16.2. The van der Waals surface area contributed by atoms with Crippen molar-refractivity contribution in [2.75, 3.05) is 41.7 Å². The summed E-state index contributed by atoms with van der Waals surface area (Å²) in [7, 11) is 0. The molecule has 2 N–H and O–H groups in total. The van der Waals surface area contributed by atoms with Crippen LogP contribution < -0.4 is 15.5 Å². The summed E-state index contributed by atoms with van der Waals surface area (Å²) in [5, 5.41) is 5.81. The third kappa shape index (κ3) is 3.34. The Morgan fingerprint density at radius 1 is 0.903 bits per heavy atom. The summed E-state index contributed by atoms with van der Waals surface area (Å²) in [4.78, 5) is 41.0. The van der Waals surface area contributed by atoms with Gasteiger partial charge in [0.2, 0.25) is 11.8 Å². The maximum Gasteiger partial charge on any atom is 0.253 e. The molecule has 0 saturated carbocycles. The zero-order chi connectivity index (χ0) is 21.8. The van der Waals surface area contributed by atoms with Crippen LogP contribution in [-0.2, 0) is 21.4 Å². The lowest BCUT2D eigenvalue weighted by Gasteiger charge is -2.36. The van der Waals surface area contributed by atoms with Crippen LogP contribution in [0.25, 0.3) is 0 Å². The van der Waals surface area contributed by atoms with Crippen LogP contribution in [0.5, 0.6) is 0 Å². The first-order valence-corrected chi connectivity index (χ1v) is 10.8. The van der Waals surface area contributed by atoms with Crippen molar-refractivity contribution < 1.29 is 14.4 Å². The van der Waals surface area contributed by atoms with E-state index in [4.69, 9.17) is 0 Å². The quantitative estimate of drug-likeness (QED) is 0.786. The van der Waals surface area contributed by atoms with Crippen LogP contribution in [0.2, 0.25) is 0 Å². The molecule has 2 aromatic carbocycles. The SMILES string of the molecule is CC1(C)C(=O)Nc2ccc(C(=O)N3CCN(c4ccc5c(c4)CCC(=O)N5)CC3)cc21. The Labute approximate surface area is 181 Å². The molecule has 160 valence electrons. The van der Waals surface area contributed by atoms with E-state index in [1.54, 1.807) is 6.07 Å². The first-order chi connectivity index (χ1) is 14.8. The second-order valence-corrected chi connectivity index (χ2v) is 9.01. The fourth-order valence-corrected chi connectivity index (χ4v) is 4.62. The van der Waals surface area contributed by atoms with Gasteiger partial charge >= 0.3 is 0 Å². The van der Waals surface area contributed by atoms with E-state index < -0.39 is 5.41 Å². The molecule has 0 unspecified atom stereocenters. The summed E-state index contributed by atoms with van der Waals surface area (Å²) < 4.78 is 0. The molecule has 31 heavy (non-hydrogen) atoms. The largest absolute Gasteiger partial charge is 0.368 e. The standard InChI is InChI=1S/C24H26N4O3/c1-24(2)18-14-16(3-6-20(18)26-23(24)31)22(30)28-11-9-27(10-12-28)17-5-7-19-15(13-17)4-8-21(29)25-19/h3,5-7,13-14H,4,8-12H2,1-2H3,(H,25,29)(H,26,31). The van der Waals surface area contributed by atoms with Crippen LogP contribution in [-0.4, -0.2) is 48.8 Å². The molecule has 2 aromatic rings. The molecule has 3 amide bonds. The van der Waals surface area contributed by atoms with Crippen molar-refractivity contribution in [3.05, 3.63) is 53.1 Å². The lowest BCUT2D eigenvalue weighted by Crippen LogP contribution is -2.48. The molecule has 0 spiro atoms. The minimum absolute atomic E-state index is 0.00533. The number of fused-ring (bicyclic) bond motifs is 2. The highest BCUT2D eigenvalue weighted by Crippen LogP contribution is 2.38. The van der Waals surface area contributed by atoms with E-state index in [2.05, 4.69) is 21.6 Å². The summed E-state index contributed by atoms with van der Waals surface area (Å²) in [6.07, 6.45) is 1.29. The zero-order valence-corrected chi connectivity index (χ0v) is 17.8. The number of nitrogens with zero attached hydrogens (tertiary/aromatic N) is 2. The second kappa shape index (κ2) is 7.11. The highest BCUT2D eigenvalue weighted by Gasteiger charge is 2.39. The first kappa shape index (κ1) is 19.6. The van der Waals surface area contributed by atoms with E-state index in [0.29, 0.717) is 25.1 Å². The van der Waals surface area contributed by atoms with Gasteiger partial charge in [-0.1, -0.05) is 0 Å². The van der Waals surface area contributed by atoms with Crippen molar-refractivity contribution in [3.63, 3.8) is 0 Å². The summed E-state index contributed by atoms with van der Waals surface area (Å²) in [6.45, 7) is 6.56. The van der Waals surface area contributed by atoms with Crippen molar-refractivity contribution >= 4 is 34.8 Å². The normalized spacial score (nSPS) is 19.4. The molecule has 3 heterocycles. The molecule has 0 aromatic heterocycles. The molecular formula is C24H26N4O3. The third-order valence-electron chi connectivity index (χ3n) is 6.67. The van der Waals surface area contributed by atoms with E-state index in [1.165, 1.54) is 5.56 Å². The summed E-state index contributed by atoms with van der Waals surface area (Å²) in [5.41, 5.74) is 4.87. The number of hydrogen-bond acceptors (Lipinski definition) is 4. The van der Waals surface area contributed by atoms with E-state index in [0.717, 1.165) is 42.1 Å². The number of aryl methyl sites for hydroxylation is 1. The van der Waals surface area contributed by atoms with Gasteiger partial charge in [0.05, 0.1) is 5.41 Å². The number of hydrogen-bond donors (Lipinski definition) is 2. The summed E-state index contributed by atoms with van der Waals surface area (Å²) in [6, 6.07) is 11.7. The number of anilines is 3. The topological polar surface area (TPSA) is 81.8 Å². The molecule has 5 rings (SSSR count). The van der Waals surface area contributed by atoms with Gasteiger partial charge in [0.1, 0.15) is 0 Å². The van der Waals surface area contributed by atoms with Gasteiger partial charge in [-0.05, 0) is 67.8 Å². The lowest BCUT2D eigenvalue weighted by molar-refractivity contribution is -0.119. The number of piperazine rings is 1. The van der Waals surface area contributed by atoms with Crippen LogP contribution in [0.3, 0.4) is 0 Å². The number of benzene rings is 2. The first-order valence-electron chi connectivity index (χ1n) is 10.8. The lowest BCUT2D eigenvalue weighted by atomic mass is 9.85. The van der Waals surface area contributed by atoms with Gasteiger partial charge < -0.3 is 20.4 Å². The average Bonchev–Trinajstić information content (AvgIpc) is 3.01. The van der Waals surface area contributed by atoms with E-state index in [9.17, 15) is 14.4 Å². The minimum Gasteiger partial charge on any atom is -0.368 e. The smallest absolute Gasteiger partial charge is 0.253 e. The van der Waals surface area contributed by atoms with Crippen LogP contribution in [0, 0.1) is 0 Å². The Kier molecular flexibility index (Phi) is 4.50. The second-order valence-electron chi connectivity index (χ2n) is 9.01. The molecule has 0 atom stereocenters. The number of rotatable bonds is 2. The molecule has 3 aliphatic rings. The van der Waals surface area contributed by atoms with Gasteiger partial charge in [-0.3, -0.25) is 14.4 Å². The van der Waals surface area contributed by atoms with E-state index >= 15 is 0 Å². The molecule has 1 saturated heterocycles. The predicted octanol–water partition coefficient (Wildman–Crippen LogP) is 2.76. The Morgan fingerprint density at radius 2 is 1.65 bits per heavy atom. The molecular weight excluding hydrogens is 392 g/mol. The average molecular weight is 418 g/mol. The Morgan fingerprint density at radius 3 is 2.42 bits per heavy atom. The molecule has 0 bridgehead atoms. The van der Waals surface area contributed by atoms with Crippen LogP contribution in [0.1, 0.15) is 41.8 Å². The number of nitrogens with one attached hydrogen (secondary N) is 2. The van der Waals surface area contributed by atoms with Crippen molar-refractivity contribution in [2.45, 2.75) is 32.1 Å². The Balaban J connectivity index is 1.27. The van der Waals surface area contributed by atoms with Gasteiger partial charge in [0, 0.05) is 55.2 Å². The van der Waals surface area contributed by atoms with Gasteiger partial charge in [0.15, 0.2) is 0 Å². The third-order valence-corrected chi connectivity index (χ3v) is 6.67. The zero-order valence-electron chi connectivity index (χ0n) is 17.8.